The molecule has 0 fully saturated rings. The minimum atomic E-state index is -0.642. The lowest BCUT2D eigenvalue weighted by molar-refractivity contribution is 0.281. The van der Waals surface area contributed by atoms with Crippen molar-refractivity contribution in [3.63, 3.8) is 0 Å². The Morgan fingerprint density at radius 1 is 1.05 bits per heavy atom. The molecule has 0 aromatic heterocycles. The molecule has 0 aliphatic carbocycles. The maximum absolute atomic E-state index is 13.1. The van der Waals surface area contributed by atoms with Crippen LogP contribution in [-0.4, -0.2) is 7.11 Å². The quantitative estimate of drug-likeness (QED) is 0.679. The third-order valence-electron chi connectivity index (χ3n) is 2.75. The fourth-order valence-electron chi connectivity index (χ4n) is 1.84. The van der Waals surface area contributed by atoms with Crippen molar-refractivity contribution in [1.82, 2.24) is 0 Å². The summed E-state index contributed by atoms with van der Waals surface area (Å²) in [5.74, 6) is 0.00633. The van der Waals surface area contributed by atoms with Gasteiger partial charge in [-0.3, -0.25) is 0 Å². The number of benzene rings is 2. The second kappa shape index (κ2) is 7.09. The van der Waals surface area contributed by atoms with E-state index < -0.39 is 11.6 Å². The fourth-order valence-corrected chi connectivity index (χ4v) is 2.60. The molecule has 2 rings (SSSR count). The molecule has 0 amide bonds. The molecule has 0 saturated carbocycles. The molecular weight excluding hydrogens is 366 g/mol. The van der Waals surface area contributed by atoms with E-state index in [1.54, 1.807) is 12.1 Å². The van der Waals surface area contributed by atoms with Crippen LogP contribution in [0.15, 0.2) is 34.8 Å². The molecule has 2 aromatic rings. The molecule has 0 unspecified atom stereocenters. The predicted octanol–water partition coefficient (Wildman–Crippen LogP) is 5.05. The Balaban J connectivity index is 2.23. The molecule has 6 heteroatoms. The van der Waals surface area contributed by atoms with Crippen molar-refractivity contribution in [2.75, 3.05) is 7.11 Å². The summed E-state index contributed by atoms with van der Waals surface area (Å²) >= 11 is 9.16. The second-order valence-electron chi connectivity index (χ2n) is 4.31. The maximum atomic E-state index is 13.1. The molecule has 21 heavy (non-hydrogen) atoms. The average Bonchev–Trinajstić information content (AvgIpc) is 2.44. The zero-order valence-electron chi connectivity index (χ0n) is 11.1. The molecule has 0 N–H and O–H groups in total. The van der Waals surface area contributed by atoms with E-state index in [1.807, 2.05) is 0 Å². The van der Waals surface area contributed by atoms with Crippen LogP contribution in [0.2, 0.25) is 0 Å². The van der Waals surface area contributed by atoms with Gasteiger partial charge < -0.3 is 9.47 Å². The van der Waals surface area contributed by atoms with Gasteiger partial charge in [-0.2, -0.15) is 0 Å². The summed E-state index contributed by atoms with van der Waals surface area (Å²) in [6, 6.07) is 6.80. The lowest BCUT2D eigenvalue weighted by Gasteiger charge is -2.14. The molecule has 0 radical (unpaired) electrons. The number of hydrogen-bond acceptors (Lipinski definition) is 2. The molecule has 0 aliphatic heterocycles. The Hall–Kier alpha value is -1.33. The van der Waals surface area contributed by atoms with E-state index in [1.165, 1.54) is 19.2 Å². The Morgan fingerprint density at radius 3 is 2.29 bits per heavy atom. The number of alkyl halides is 1. The van der Waals surface area contributed by atoms with E-state index in [9.17, 15) is 8.78 Å². The summed E-state index contributed by atoms with van der Waals surface area (Å²) in [5, 5.41) is 0. The second-order valence-corrected chi connectivity index (χ2v) is 5.43. The Morgan fingerprint density at radius 2 is 1.71 bits per heavy atom. The van der Waals surface area contributed by atoms with Gasteiger partial charge in [0, 0.05) is 11.9 Å². The first-order valence-electron chi connectivity index (χ1n) is 6.03. The third-order valence-corrected chi connectivity index (χ3v) is 3.65. The van der Waals surface area contributed by atoms with Crippen molar-refractivity contribution >= 4 is 27.5 Å². The summed E-state index contributed by atoms with van der Waals surface area (Å²) < 4.78 is 37.8. The molecule has 0 saturated heterocycles. The molecule has 112 valence electrons. The molecular formula is C15H12BrClF2O2. The van der Waals surface area contributed by atoms with E-state index in [0.29, 0.717) is 27.4 Å². The van der Waals surface area contributed by atoms with Crippen LogP contribution in [-0.2, 0) is 12.5 Å². The van der Waals surface area contributed by atoms with Gasteiger partial charge >= 0.3 is 0 Å². The van der Waals surface area contributed by atoms with E-state index in [-0.39, 0.29) is 6.61 Å². The fraction of sp³-hybridized carbons (Fsp3) is 0.200. The summed E-state index contributed by atoms with van der Waals surface area (Å²) in [6.07, 6.45) is 0. The van der Waals surface area contributed by atoms with E-state index in [0.717, 1.165) is 11.6 Å². The Labute approximate surface area is 134 Å². The minimum Gasteiger partial charge on any atom is -0.493 e. The van der Waals surface area contributed by atoms with Crippen molar-refractivity contribution in [2.24, 2.45) is 0 Å². The van der Waals surface area contributed by atoms with Crippen LogP contribution >= 0.6 is 27.5 Å². The summed E-state index contributed by atoms with van der Waals surface area (Å²) in [6.45, 7) is 0.0177. The first kappa shape index (κ1) is 16.0. The number of ether oxygens (including phenoxy) is 2. The highest BCUT2D eigenvalue weighted by atomic mass is 79.9. The summed E-state index contributed by atoms with van der Waals surface area (Å²) in [5.41, 5.74) is 1.26. The smallest absolute Gasteiger partial charge is 0.175 e. The average molecular weight is 378 g/mol. The number of halogens is 4. The SMILES string of the molecule is COc1cc(CCl)cc(Br)c1OCc1cc(F)cc(F)c1. The van der Waals surface area contributed by atoms with Gasteiger partial charge in [0.25, 0.3) is 0 Å². The molecule has 0 bridgehead atoms. The van der Waals surface area contributed by atoms with Crippen molar-refractivity contribution in [1.29, 1.82) is 0 Å². The van der Waals surface area contributed by atoms with Crippen LogP contribution in [0.4, 0.5) is 8.78 Å². The third kappa shape index (κ3) is 4.08. The lowest BCUT2D eigenvalue weighted by Crippen LogP contribution is -2.00. The normalized spacial score (nSPS) is 10.5. The topological polar surface area (TPSA) is 18.5 Å². The standard InChI is InChI=1S/C15H12BrClF2O2/c1-20-14-5-9(7-17)4-13(16)15(14)21-8-10-2-11(18)6-12(19)3-10/h2-6H,7-8H2,1H3. The Kier molecular flexibility index (Phi) is 5.42. The summed E-state index contributed by atoms with van der Waals surface area (Å²) in [7, 11) is 1.51. The number of methoxy groups -OCH3 is 1. The van der Waals surface area contributed by atoms with Gasteiger partial charge in [-0.15, -0.1) is 11.6 Å². The minimum absolute atomic E-state index is 0.0177. The van der Waals surface area contributed by atoms with Gasteiger partial charge in [-0.1, -0.05) is 0 Å². The van der Waals surface area contributed by atoms with Crippen LogP contribution in [0, 0.1) is 11.6 Å². The molecule has 0 heterocycles. The van der Waals surface area contributed by atoms with E-state index in [4.69, 9.17) is 21.1 Å². The summed E-state index contributed by atoms with van der Waals surface area (Å²) in [4.78, 5) is 0. The zero-order chi connectivity index (χ0) is 15.4. The van der Waals surface area contributed by atoms with Crippen LogP contribution in [0.5, 0.6) is 11.5 Å². The zero-order valence-corrected chi connectivity index (χ0v) is 13.5. The van der Waals surface area contributed by atoms with Gasteiger partial charge in [0.2, 0.25) is 0 Å². The molecule has 0 spiro atoms. The monoisotopic (exact) mass is 376 g/mol. The molecule has 0 atom stereocenters. The van der Waals surface area contributed by atoms with Gasteiger partial charge in [-0.25, -0.2) is 8.78 Å². The highest BCUT2D eigenvalue weighted by molar-refractivity contribution is 9.10. The Bertz CT molecular complexity index is 630. The number of hydrogen-bond donors (Lipinski definition) is 0. The van der Waals surface area contributed by atoms with Crippen molar-refractivity contribution in [3.8, 4) is 11.5 Å². The van der Waals surface area contributed by atoms with Crippen LogP contribution < -0.4 is 9.47 Å². The first-order valence-corrected chi connectivity index (χ1v) is 7.36. The van der Waals surface area contributed by atoms with Crippen molar-refractivity contribution < 1.29 is 18.3 Å². The molecule has 2 nitrogen and oxygen atoms in total. The van der Waals surface area contributed by atoms with Crippen LogP contribution in [0.1, 0.15) is 11.1 Å². The predicted molar refractivity (Wildman–Crippen MR) is 80.9 cm³/mol. The van der Waals surface area contributed by atoms with Gasteiger partial charge in [-0.05, 0) is 51.3 Å². The van der Waals surface area contributed by atoms with Crippen LogP contribution in [0.25, 0.3) is 0 Å². The molecule has 0 aliphatic rings. The largest absolute Gasteiger partial charge is 0.493 e. The van der Waals surface area contributed by atoms with Gasteiger partial charge in [0.15, 0.2) is 11.5 Å². The lowest BCUT2D eigenvalue weighted by atomic mass is 10.2. The number of rotatable bonds is 5. The van der Waals surface area contributed by atoms with Gasteiger partial charge in [0.05, 0.1) is 11.6 Å². The maximum Gasteiger partial charge on any atom is 0.175 e. The van der Waals surface area contributed by atoms with Crippen LogP contribution in [0.3, 0.4) is 0 Å². The first-order chi connectivity index (χ1) is 10.0. The van der Waals surface area contributed by atoms with Gasteiger partial charge in [0.1, 0.15) is 18.2 Å². The van der Waals surface area contributed by atoms with Crippen molar-refractivity contribution in [2.45, 2.75) is 12.5 Å². The highest BCUT2D eigenvalue weighted by Crippen LogP contribution is 2.37. The van der Waals surface area contributed by atoms with Crippen molar-refractivity contribution in [3.05, 3.63) is 57.6 Å². The molecule has 2 aromatic carbocycles. The highest BCUT2D eigenvalue weighted by Gasteiger charge is 2.12. The van der Waals surface area contributed by atoms with E-state index in [2.05, 4.69) is 15.9 Å². The van der Waals surface area contributed by atoms with E-state index >= 15 is 0 Å².